The maximum atomic E-state index is 13.7. The van der Waals surface area contributed by atoms with Crippen LogP contribution in [0.1, 0.15) is 47.9 Å². The van der Waals surface area contributed by atoms with Crippen LogP contribution >= 0.6 is 23.2 Å². The lowest BCUT2D eigenvalue weighted by Gasteiger charge is -2.23. The molecule has 3 rings (SSSR count). The molecular formula is C17H19Cl2FN4O. The lowest BCUT2D eigenvalue weighted by atomic mass is 10.1. The number of aromatic nitrogens is 2. The van der Waals surface area contributed by atoms with Crippen molar-refractivity contribution in [3.63, 3.8) is 0 Å². The first-order valence-electron chi connectivity index (χ1n) is 8.17. The third kappa shape index (κ3) is 3.97. The van der Waals surface area contributed by atoms with Gasteiger partial charge in [-0.15, -0.1) is 0 Å². The van der Waals surface area contributed by atoms with Crippen LogP contribution in [0.15, 0.2) is 24.4 Å². The van der Waals surface area contributed by atoms with E-state index < -0.39 is 11.9 Å². The van der Waals surface area contributed by atoms with E-state index >= 15 is 0 Å². The van der Waals surface area contributed by atoms with Gasteiger partial charge in [0.15, 0.2) is 0 Å². The second kappa shape index (κ2) is 7.72. The maximum absolute atomic E-state index is 13.7. The van der Waals surface area contributed by atoms with Crippen LogP contribution in [0.3, 0.4) is 0 Å². The highest BCUT2D eigenvalue weighted by molar-refractivity contribution is 6.36. The highest BCUT2D eigenvalue weighted by Gasteiger charge is 2.22. The zero-order valence-electron chi connectivity index (χ0n) is 13.7. The molecule has 1 saturated heterocycles. The normalized spacial score (nSPS) is 18.8. The summed E-state index contributed by atoms with van der Waals surface area (Å²) in [5.41, 5.74) is 0.661. The lowest BCUT2D eigenvalue weighted by molar-refractivity contribution is 0.0933. The van der Waals surface area contributed by atoms with Gasteiger partial charge in [-0.05, 0) is 44.5 Å². The Kier molecular flexibility index (Phi) is 5.61. The Morgan fingerprint density at radius 3 is 2.96 bits per heavy atom. The topological polar surface area (TPSA) is 59.0 Å². The van der Waals surface area contributed by atoms with Crippen LogP contribution in [0.2, 0.25) is 10.0 Å². The number of carbonyl (C=O) groups excluding carboxylic acids is 1. The number of hydrogen-bond donors (Lipinski definition) is 2. The van der Waals surface area contributed by atoms with Gasteiger partial charge in [0.2, 0.25) is 0 Å². The van der Waals surface area contributed by atoms with Gasteiger partial charge in [0.25, 0.3) is 5.91 Å². The molecule has 2 N–H and O–H groups in total. The van der Waals surface area contributed by atoms with E-state index in [1.54, 1.807) is 19.2 Å². The number of nitrogens with one attached hydrogen (secondary N) is 2. The van der Waals surface area contributed by atoms with E-state index in [4.69, 9.17) is 23.2 Å². The summed E-state index contributed by atoms with van der Waals surface area (Å²) in [7, 11) is 0. The lowest BCUT2D eigenvalue weighted by Crippen LogP contribution is -2.32. The summed E-state index contributed by atoms with van der Waals surface area (Å²) < 4.78 is 15.5. The number of piperidine rings is 1. The summed E-state index contributed by atoms with van der Waals surface area (Å²) in [6.07, 6.45) is 3.92. The Hall–Kier alpha value is -1.63. The number of hydrogen-bond acceptors (Lipinski definition) is 3. The largest absolute Gasteiger partial charge is 0.344 e. The number of halogens is 3. The minimum Gasteiger partial charge on any atom is -0.344 e. The molecular weight excluding hydrogens is 366 g/mol. The molecule has 8 heteroatoms. The Balaban J connectivity index is 1.72. The van der Waals surface area contributed by atoms with Crippen molar-refractivity contribution in [2.24, 2.45) is 0 Å². The van der Waals surface area contributed by atoms with Gasteiger partial charge < -0.3 is 10.6 Å². The van der Waals surface area contributed by atoms with Crippen molar-refractivity contribution in [3.05, 3.63) is 51.5 Å². The predicted octanol–water partition coefficient (Wildman–Crippen LogP) is 3.74. The molecule has 0 bridgehead atoms. The summed E-state index contributed by atoms with van der Waals surface area (Å²) in [5, 5.41) is 10.7. The van der Waals surface area contributed by atoms with Crippen molar-refractivity contribution in [1.29, 1.82) is 0 Å². The zero-order valence-corrected chi connectivity index (χ0v) is 15.2. The SMILES string of the molecule is CC(NC(=O)c1ccn(C2CCCNC2)n1)c1c(Cl)ccc(F)c1Cl. The maximum Gasteiger partial charge on any atom is 0.272 e. The average molecular weight is 385 g/mol. The third-order valence-corrected chi connectivity index (χ3v) is 5.06. The van der Waals surface area contributed by atoms with Gasteiger partial charge in [0.1, 0.15) is 11.5 Å². The van der Waals surface area contributed by atoms with Crippen molar-refractivity contribution in [2.45, 2.75) is 31.8 Å². The average Bonchev–Trinajstić information content (AvgIpc) is 3.09. The zero-order chi connectivity index (χ0) is 18.0. The summed E-state index contributed by atoms with van der Waals surface area (Å²) in [6, 6.07) is 3.99. The highest BCUT2D eigenvalue weighted by atomic mass is 35.5. The molecule has 25 heavy (non-hydrogen) atoms. The molecule has 2 aromatic rings. The molecule has 1 aromatic heterocycles. The van der Waals surface area contributed by atoms with Gasteiger partial charge >= 0.3 is 0 Å². The molecule has 134 valence electrons. The number of carbonyl (C=O) groups is 1. The van der Waals surface area contributed by atoms with Crippen molar-refractivity contribution in [2.75, 3.05) is 13.1 Å². The van der Waals surface area contributed by atoms with Gasteiger partial charge in [-0.1, -0.05) is 23.2 Å². The van der Waals surface area contributed by atoms with Crippen LogP contribution in [0.5, 0.6) is 0 Å². The summed E-state index contributed by atoms with van der Waals surface area (Å²) in [4.78, 5) is 12.4. The molecule has 2 heterocycles. The minimum absolute atomic E-state index is 0.0842. The number of rotatable bonds is 4. The molecule has 1 fully saturated rings. The van der Waals surface area contributed by atoms with E-state index in [9.17, 15) is 9.18 Å². The smallest absolute Gasteiger partial charge is 0.272 e. The second-order valence-electron chi connectivity index (χ2n) is 6.13. The first kappa shape index (κ1) is 18.2. The molecule has 1 aromatic carbocycles. The monoisotopic (exact) mass is 384 g/mol. The molecule has 0 radical (unpaired) electrons. The summed E-state index contributed by atoms with van der Waals surface area (Å²) in [5.74, 6) is -0.928. The molecule has 0 spiro atoms. The Labute approximate surface area is 155 Å². The van der Waals surface area contributed by atoms with Crippen LogP contribution in [-0.4, -0.2) is 28.8 Å². The van der Waals surface area contributed by atoms with Crippen LogP contribution in [0.25, 0.3) is 0 Å². The van der Waals surface area contributed by atoms with E-state index in [0.29, 0.717) is 16.3 Å². The molecule has 2 atom stereocenters. The first-order chi connectivity index (χ1) is 12.0. The molecule has 1 aliphatic rings. The Morgan fingerprint density at radius 1 is 1.44 bits per heavy atom. The van der Waals surface area contributed by atoms with Crippen molar-refractivity contribution < 1.29 is 9.18 Å². The minimum atomic E-state index is -0.573. The van der Waals surface area contributed by atoms with E-state index in [-0.39, 0.29) is 17.0 Å². The third-order valence-electron chi connectivity index (χ3n) is 4.35. The molecule has 2 unspecified atom stereocenters. The van der Waals surface area contributed by atoms with E-state index in [1.807, 2.05) is 4.68 Å². The van der Waals surface area contributed by atoms with Gasteiger partial charge in [-0.2, -0.15) is 5.10 Å². The fourth-order valence-electron chi connectivity index (χ4n) is 3.00. The molecule has 0 saturated carbocycles. The second-order valence-corrected chi connectivity index (χ2v) is 6.92. The van der Waals surface area contributed by atoms with Crippen LogP contribution in [-0.2, 0) is 0 Å². The Bertz CT molecular complexity index is 774. The summed E-state index contributed by atoms with van der Waals surface area (Å²) in [6.45, 7) is 3.55. The highest BCUT2D eigenvalue weighted by Crippen LogP contribution is 2.32. The fourth-order valence-corrected chi connectivity index (χ4v) is 3.70. The quantitative estimate of drug-likeness (QED) is 0.789. The van der Waals surface area contributed by atoms with Crippen LogP contribution in [0, 0.1) is 5.82 Å². The van der Waals surface area contributed by atoms with Gasteiger partial charge in [0, 0.05) is 23.3 Å². The Morgan fingerprint density at radius 2 is 2.24 bits per heavy atom. The van der Waals surface area contributed by atoms with Crippen LogP contribution in [0.4, 0.5) is 4.39 Å². The molecule has 5 nitrogen and oxygen atoms in total. The van der Waals surface area contributed by atoms with Gasteiger partial charge in [0.05, 0.1) is 17.1 Å². The van der Waals surface area contributed by atoms with Gasteiger partial charge in [-0.3, -0.25) is 9.48 Å². The molecule has 1 aliphatic heterocycles. The number of amides is 1. The summed E-state index contributed by atoms with van der Waals surface area (Å²) >= 11 is 12.1. The van der Waals surface area contributed by atoms with Crippen molar-refractivity contribution in [1.82, 2.24) is 20.4 Å². The van der Waals surface area contributed by atoms with Gasteiger partial charge in [-0.25, -0.2) is 4.39 Å². The number of benzene rings is 1. The predicted molar refractivity (Wildman–Crippen MR) is 95.7 cm³/mol. The van der Waals surface area contributed by atoms with Crippen LogP contribution < -0.4 is 10.6 Å². The van der Waals surface area contributed by atoms with Crippen molar-refractivity contribution in [3.8, 4) is 0 Å². The molecule has 0 aliphatic carbocycles. The van der Waals surface area contributed by atoms with Crippen molar-refractivity contribution >= 4 is 29.1 Å². The van der Waals surface area contributed by atoms with E-state index in [0.717, 1.165) is 25.9 Å². The fraction of sp³-hybridized carbons (Fsp3) is 0.412. The first-order valence-corrected chi connectivity index (χ1v) is 8.93. The van der Waals surface area contributed by atoms with E-state index in [2.05, 4.69) is 15.7 Å². The number of nitrogens with zero attached hydrogens (tertiary/aromatic N) is 2. The molecule has 1 amide bonds. The standard InChI is InChI=1S/C17H19Cl2FN4O/c1-10(15-12(18)4-5-13(20)16(15)19)22-17(25)14-6-8-24(23-14)11-3-2-7-21-9-11/h4-6,8,10-11,21H,2-3,7,9H2,1H3,(H,22,25). The van der Waals surface area contributed by atoms with E-state index in [1.165, 1.54) is 12.1 Å².